The lowest BCUT2D eigenvalue weighted by Gasteiger charge is -1.99. The van der Waals surface area contributed by atoms with Crippen molar-refractivity contribution in [1.29, 1.82) is 0 Å². The van der Waals surface area contributed by atoms with Crippen LogP contribution in [0.15, 0.2) is 10.2 Å². The highest BCUT2D eigenvalue weighted by Crippen LogP contribution is 2.03. The number of Topliss-reactive ketones (excluding diaryl/α,β-unsaturated/α-hetero) is 1. The molecule has 0 N–H and O–H groups in total. The second-order valence-electron chi connectivity index (χ2n) is 2.57. The van der Waals surface area contributed by atoms with Gasteiger partial charge in [0.25, 0.3) is 0 Å². The summed E-state index contributed by atoms with van der Waals surface area (Å²) in [7, 11) is 0. The van der Waals surface area contributed by atoms with E-state index in [9.17, 15) is 4.79 Å². The molecule has 0 spiro atoms. The van der Waals surface area contributed by atoms with E-state index >= 15 is 0 Å². The third-order valence-electron chi connectivity index (χ3n) is 1.35. The summed E-state index contributed by atoms with van der Waals surface area (Å²) in [6.45, 7) is 3.73. The average molecular weight is 138 g/mol. The Balaban J connectivity index is 2.59. The van der Waals surface area contributed by atoms with E-state index < -0.39 is 0 Å². The molecule has 10 heavy (non-hydrogen) atoms. The highest BCUT2D eigenvalue weighted by molar-refractivity contribution is 6.43. The van der Waals surface area contributed by atoms with Gasteiger partial charge in [-0.15, -0.1) is 0 Å². The fourth-order valence-corrected chi connectivity index (χ4v) is 0.762. The number of hydrogen-bond donors (Lipinski definition) is 0. The van der Waals surface area contributed by atoms with Gasteiger partial charge in [-0.25, -0.2) is 0 Å². The van der Waals surface area contributed by atoms with E-state index in [1.807, 2.05) is 13.8 Å². The number of rotatable bonds is 2. The summed E-state index contributed by atoms with van der Waals surface area (Å²) in [4.78, 5) is 11.1. The molecule has 3 nitrogen and oxygen atoms in total. The molecule has 0 amide bonds. The van der Waals surface area contributed by atoms with E-state index in [-0.39, 0.29) is 11.7 Å². The molecule has 0 aromatic carbocycles. The predicted octanol–water partition coefficient (Wildman–Crippen LogP) is 1.04. The molecule has 0 saturated heterocycles. The first kappa shape index (κ1) is 7.12. The van der Waals surface area contributed by atoms with Crippen LogP contribution in [0.1, 0.15) is 20.3 Å². The van der Waals surface area contributed by atoms with Gasteiger partial charge in [-0.05, 0) is 0 Å². The van der Waals surface area contributed by atoms with Crippen molar-refractivity contribution in [2.45, 2.75) is 20.3 Å². The van der Waals surface area contributed by atoms with Crippen molar-refractivity contribution in [2.24, 2.45) is 16.1 Å². The number of ketones is 1. The lowest BCUT2D eigenvalue weighted by atomic mass is 10.0. The van der Waals surface area contributed by atoms with Crippen molar-refractivity contribution >= 4 is 17.7 Å². The zero-order chi connectivity index (χ0) is 7.56. The van der Waals surface area contributed by atoms with E-state index in [0.717, 1.165) is 0 Å². The maximum atomic E-state index is 11.1. The number of hydrogen-bond acceptors (Lipinski definition) is 3. The fourth-order valence-electron chi connectivity index (χ4n) is 0.762. The second kappa shape index (κ2) is 2.73. The zero-order valence-corrected chi connectivity index (χ0v) is 6.16. The Bertz CT molecular complexity index is 204. The van der Waals surface area contributed by atoms with Crippen LogP contribution in [0.4, 0.5) is 0 Å². The molecule has 0 saturated carbocycles. The van der Waals surface area contributed by atoms with E-state index in [0.29, 0.717) is 12.1 Å². The molecule has 0 aromatic rings. The molecule has 0 atom stereocenters. The van der Waals surface area contributed by atoms with Crippen LogP contribution in [-0.4, -0.2) is 17.7 Å². The molecule has 0 aromatic heterocycles. The minimum absolute atomic E-state index is 0.0421. The van der Waals surface area contributed by atoms with Gasteiger partial charge in [0.05, 0.1) is 0 Å². The Morgan fingerprint density at radius 2 is 2.40 bits per heavy atom. The monoisotopic (exact) mass is 138 g/mol. The first-order chi connectivity index (χ1) is 4.72. The highest BCUT2D eigenvalue weighted by Gasteiger charge is 2.16. The Kier molecular flexibility index (Phi) is 1.94. The zero-order valence-electron chi connectivity index (χ0n) is 6.16. The van der Waals surface area contributed by atoms with Crippen LogP contribution in [-0.2, 0) is 4.79 Å². The van der Waals surface area contributed by atoms with Gasteiger partial charge >= 0.3 is 0 Å². The van der Waals surface area contributed by atoms with Crippen LogP contribution in [0.25, 0.3) is 0 Å². The van der Waals surface area contributed by atoms with Gasteiger partial charge in [0.1, 0.15) is 5.71 Å². The number of carbonyl (C=O) groups excluding carboxylic acids is 1. The summed E-state index contributed by atoms with van der Waals surface area (Å²) < 4.78 is 0. The van der Waals surface area contributed by atoms with E-state index in [4.69, 9.17) is 0 Å². The summed E-state index contributed by atoms with van der Waals surface area (Å²) >= 11 is 0. The summed E-state index contributed by atoms with van der Waals surface area (Å²) in [6, 6.07) is 0. The van der Waals surface area contributed by atoms with Crippen LogP contribution in [0.3, 0.4) is 0 Å². The molecule has 1 rings (SSSR count). The first-order valence-corrected chi connectivity index (χ1v) is 3.34. The molecule has 1 heterocycles. The third-order valence-corrected chi connectivity index (χ3v) is 1.35. The van der Waals surface area contributed by atoms with Crippen molar-refractivity contribution in [3.05, 3.63) is 0 Å². The summed E-state index contributed by atoms with van der Waals surface area (Å²) in [5.74, 6) is 0.151. The predicted molar refractivity (Wildman–Crippen MR) is 40.4 cm³/mol. The van der Waals surface area contributed by atoms with Crippen LogP contribution in [0.2, 0.25) is 0 Å². The molecule has 0 fully saturated rings. The number of carbonyl (C=O) groups is 1. The van der Waals surface area contributed by atoms with Crippen LogP contribution in [0, 0.1) is 5.92 Å². The molecule has 3 heteroatoms. The molecule has 0 bridgehead atoms. The Labute approximate surface area is 59.8 Å². The van der Waals surface area contributed by atoms with Crippen molar-refractivity contribution < 1.29 is 4.79 Å². The van der Waals surface area contributed by atoms with Gasteiger partial charge in [-0.1, -0.05) is 13.8 Å². The van der Waals surface area contributed by atoms with Crippen molar-refractivity contribution in [1.82, 2.24) is 0 Å². The fraction of sp³-hybridized carbons (Fsp3) is 0.571. The topological polar surface area (TPSA) is 41.8 Å². The second-order valence-corrected chi connectivity index (χ2v) is 2.57. The largest absolute Gasteiger partial charge is 0.292 e. The van der Waals surface area contributed by atoms with Gasteiger partial charge in [0.2, 0.25) is 0 Å². The standard InChI is InChI=1S/C7H10N2O/c1-5(2)7(10)6-3-4-8-9-6/h4-5H,3H2,1-2H3. The molecule has 1 aliphatic rings. The average Bonchev–Trinajstić information content (AvgIpc) is 2.36. The number of nitrogens with zero attached hydrogens (tertiary/aromatic N) is 2. The van der Waals surface area contributed by atoms with E-state index in [1.54, 1.807) is 6.21 Å². The van der Waals surface area contributed by atoms with Crippen molar-refractivity contribution in [3.8, 4) is 0 Å². The Morgan fingerprint density at radius 3 is 2.80 bits per heavy atom. The first-order valence-electron chi connectivity index (χ1n) is 3.34. The minimum Gasteiger partial charge on any atom is -0.292 e. The normalized spacial score (nSPS) is 16.1. The summed E-state index contributed by atoms with van der Waals surface area (Å²) in [5, 5.41) is 7.30. The van der Waals surface area contributed by atoms with Crippen LogP contribution >= 0.6 is 0 Å². The Hall–Kier alpha value is -0.990. The maximum absolute atomic E-state index is 11.1. The lowest BCUT2D eigenvalue weighted by molar-refractivity contribution is -0.115. The molecule has 0 aliphatic carbocycles. The van der Waals surface area contributed by atoms with Gasteiger partial charge in [-0.3, -0.25) is 4.79 Å². The van der Waals surface area contributed by atoms with Gasteiger partial charge in [0.15, 0.2) is 5.78 Å². The smallest absolute Gasteiger partial charge is 0.181 e. The van der Waals surface area contributed by atoms with Crippen LogP contribution in [0.5, 0.6) is 0 Å². The molecular formula is C7H10N2O. The molecule has 54 valence electrons. The summed E-state index contributed by atoms with van der Waals surface area (Å²) in [6.07, 6.45) is 2.26. The highest BCUT2D eigenvalue weighted by atomic mass is 16.1. The molecule has 0 radical (unpaired) electrons. The third kappa shape index (κ3) is 1.29. The van der Waals surface area contributed by atoms with Crippen molar-refractivity contribution in [2.75, 3.05) is 0 Å². The maximum Gasteiger partial charge on any atom is 0.181 e. The molecular weight excluding hydrogens is 128 g/mol. The van der Waals surface area contributed by atoms with Gasteiger partial charge in [-0.2, -0.15) is 10.2 Å². The van der Waals surface area contributed by atoms with Gasteiger partial charge < -0.3 is 0 Å². The lowest BCUT2D eigenvalue weighted by Crippen LogP contribution is -2.18. The Morgan fingerprint density at radius 1 is 1.70 bits per heavy atom. The minimum atomic E-state index is 0.0421. The van der Waals surface area contributed by atoms with Crippen molar-refractivity contribution in [3.63, 3.8) is 0 Å². The quantitative estimate of drug-likeness (QED) is 0.562. The SMILES string of the molecule is CC(C)C(=O)C1=NN=CC1. The molecule has 0 unspecified atom stereocenters. The van der Waals surface area contributed by atoms with E-state index in [1.165, 1.54) is 0 Å². The summed E-state index contributed by atoms with van der Waals surface area (Å²) in [5.41, 5.74) is 0.593. The molecule has 1 aliphatic heterocycles. The van der Waals surface area contributed by atoms with Gasteiger partial charge in [0, 0.05) is 18.6 Å². The van der Waals surface area contributed by atoms with Crippen LogP contribution < -0.4 is 0 Å². The van der Waals surface area contributed by atoms with E-state index in [2.05, 4.69) is 10.2 Å².